The molecule has 9 heteroatoms. The summed E-state index contributed by atoms with van der Waals surface area (Å²) in [6, 6.07) is 17.3. The molecule has 3 aromatic rings. The minimum Gasteiger partial charge on any atom is -0.497 e. The monoisotopic (exact) mass is 508 g/mol. The quantitative estimate of drug-likeness (QED) is 0.492. The number of carbonyl (C=O) groups is 2. The van der Waals surface area contributed by atoms with Gasteiger partial charge in [-0.25, -0.2) is 0 Å². The van der Waals surface area contributed by atoms with Crippen LogP contribution in [-0.2, 0) is 9.59 Å². The van der Waals surface area contributed by atoms with E-state index in [-0.39, 0.29) is 25.0 Å². The number of ether oxygens (including phenoxy) is 4. The molecule has 36 heavy (non-hydrogen) atoms. The number of nitrogens with one attached hydrogen (secondary N) is 1. The van der Waals surface area contributed by atoms with Gasteiger partial charge in [-0.3, -0.25) is 9.59 Å². The maximum Gasteiger partial charge on any atom is 0.231 e. The third kappa shape index (κ3) is 4.52. The Morgan fingerprint density at radius 3 is 2.50 bits per heavy atom. The van der Waals surface area contributed by atoms with Crippen LogP contribution >= 0.6 is 11.6 Å². The number of carbonyl (C=O) groups excluding carboxylic acids is 2. The number of halogens is 1. The van der Waals surface area contributed by atoms with E-state index in [2.05, 4.69) is 5.32 Å². The van der Waals surface area contributed by atoms with Gasteiger partial charge in [0.1, 0.15) is 11.5 Å². The average Bonchev–Trinajstić information content (AvgIpc) is 3.36. The maximum absolute atomic E-state index is 13.6. The lowest BCUT2D eigenvalue weighted by Crippen LogP contribution is -2.47. The zero-order valence-electron chi connectivity index (χ0n) is 19.8. The zero-order valence-corrected chi connectivity index (χ0v) is 20.6. The Bertz CT molecular complexity index is 1300. The van der Waals surface area contributed by atoms with Crippen LogP contribution in [0.25, 0.3) is 0 Å². The molecule has 1 fully saturated rings. The summed E-state index contributed by atoms with van der Waals surface area (Å²) in [5, 5.41) is 3.36. The van der Waals surface area contributed by atoms with Crippen LogP contribution in [0.2, 0.25) is 5.02 Å². The van der Waals surface area contributed by atoms with Gasteiger partial charge in [0, 0.05) is 23.9 Å². The van der Waals surface area contributed by atoms with Crippen LogP contribution in [0, 0.1) is 5.92 Å². The molecule has 1 saturated heterocycles. The van der Waals surface area contributed by atoms with E-state index in [1.165, 1.54) is 7.11 Å². The van der Waals surface area contributed by atoms with E-state index in [0.717, 1.165) is 5.56 Å². The number of fused-ring (bicyclic) bond motifs is 1. The number of anilines is 2. The SMILES string of the molecule is COc1ccc([C@H]2[C@H](C(=O)Nc3ccc(OC)c(Cl)c3)CCC(=O)N2c2ccc3c(c2)OCO3)cc1. The van der Waals surface area contributed by atoms with Crippen LogP contribution < -0.4 is 29.2 Å². The van der Waals surface area contributed by atoms with Crippen molar-refractivity contribution >= 4 is 34.8 Å². The fourth-order valence-corrected chi connectivity index (χ4v) is 4.93. The number of nitrogens with zero attached hydrogens (tertiary/aromatic N) is 1. The number of hydrogen-bond donors (Lipinski definition) is 1. The molecule has 0 saturated carbocycles. The van der Waals surface area contributed by atoms with Crippen LogP contribution in [0.1, 0.15) is 24.4 Å². The fraction of sp³-hybridized carbons (Fsp3) is 0.259. The van der Waals surface area contributed by atoms with Gasteiger partial charge in [-0.05, 0) is 54.4 Å². The standard InChI is InChI=1S/C27H25ClN2O6/c1-33-19-7-3-16(4-8-19)26-20(27(32)29-17-5-10-22(34-2)21(28)13-17)9-12-25(31)30(26)18-6-11-23-24(14-18)36-15-35-23/h3-8,10-11,13-14,20,26H,9,12,15H2,1-2H3,(H,29,32)/t20-,26+/m1/s1. The highest BCUT2D eigenvalue weighted by Gasteiger charge is 2.42. The maximum atomic E-state index is 13.6. The number of hydrogen-bond acceptors (Lipinski definition) is 6. The summed E-state index contributed by atoms with van der Waals surface area (Å²) >= 11 is 6.26. The summed E-state index contributed by atoms with van der Waals surface area (Å²) in [6.45, 7) is 0.129. The highest BCUT2D eigenvalue weighted by Crippen LogP contribution is 2.44. The van der Waals surface area contributed by atoms with Crippen molar-refractivity contribution in [2.75, 3.05) is 31.2 Å². The molecule has 1 N–H and O–H groups in total. The summed E-state index contributed by atoms with van der Waals surface area (Å²) < 4.78 is 21.5. The first kappa shape index (κ1) is 23.8. The second-order valence-corrected chi connectivity index (χ2v) is 8.91. The van der Waals surface area contributed by atoms with Crippen LogP contribution in [0.15, 0.2) is 60.7 Å². The molecule has 2 atom stereocenters. The van der Waals surface area contributed by atoms with Crippen molar-refractivity contribution in [1.29, 1.82) is 0 Å². The molecule has 2 heterocycles. The lowest BCUT2D eigenvalue weighted by atomic mass is 9.83. The van der Waals surface area contributed by atoms with Crippen LogP contribution in [0.3, 0.4) is 0 Å². The molecular weight excluding hydrogens is 484 g/mol. The van der Waals surface area contributed by atoms with Crippen molar-refractivity contribution in [1.82, 2.24) is 0 Å². The third-order valence-corrected chi connectivity index (χ3v) is 6.74. The lowest BCUT2D eigenvalue weighted by molar-refractivity contribution is -0.125. The summed E-state index contributed by atoms with van der Waals surface area (Å²) in [5.74, 6) is 1.57. The minimum atomic E-state index is -0.550. The molecule has 0 unspecified atom stereocenters. The average molecular weight is 509 g/mol. The molecule has 0 bridgehead atoms. The van der Waals surface area contributed by atoms with Gasteiger partial charge in [0.15, 0.2) is 11.5 Å². The normalized spacial score (nSPS) is 18.6. The third-order valence-electron chi connectivity index (χ3n) is 6.44. The molecule has 8 nitrogen and oxygen atoms in total. The molecule has 0 aromatic heterocycles. The molecule has 3 aromatic carbocycles. The van der Waals surface area contributed by atoms with Gasteiger partial charge < -0.3 is 29.2 Å². The number of piperidine rings is 1. The zero-order chi connectivity index (χ0) is 25.2. The van der Waals surface area contributed by atoms with Crippen molar-refractivity contribution in [3.8, 4) is 23.0 Å². The van der Waals surface area contributed by atoms with Gasteiger partial charge in [0.25, 0.3) is 0 Å². The van der Waals surface area contributed by atoms with Crippen molar-refractivity contribution < 1.29 is 28.5 Å². The van der Waals surface area contributed by atoms with Crippen LogP contribution in [0.5, 0.6) is 23.0 Å². The van der Waals surface area contributed by atoms with Gasteiger partial charge in [-0.2, -0.15) is 0 Å². The summed E-state index contributed by atoms with van der Waals surface area (Å²) in [6.07, 6.45) is 0.620. The number of benzene rings is 3. The summed E-state index contributed by atoms with van der Waals surface area (Å²) in [7, 11) is 3.12. The molecule has 0 aliphatic carbocycles. The molecule has 2 aliphatic rings. The van der Waals surface area contributed by atoms with Crippen LogP contribution in [0.4, 0.5) is 11.4 Å². The molecular formula is C27H25ClN2O6. The molecule has 186 valence electrons. The van der Waals surface area contributed by atoms with Crippen molar-refractivity contribution in [3.05, 3.63) is 71.2 Å². The predicted molar refractivity (Wildman–Crippen MR) is 135 cm³/mol. The second-order valence-electron chi connectivity index (χ2n) is 8.50. The number of amides is 2. The minimum absolute atomic E-state index is 0.0776. The van der Waals surface area contributed by atoms with Gasteiger partial charge in [0.2, 0.25) is 18.6 Å². The lowest BCUT2D eigenvalue weighted by Gasteiger charge is -2.41. The topological polar surface area (TPSA) is 86.3 Å². The fourth-order valence-electron chi connectivity index (χ4n) is 4.67. The largest absolute Gasteiger partial charge is 0.497 e. The Labute approximate surface area is 213 Å². The van der Waals surface area contributed by atoms with E-state index in [9.17, 15) is 9.59 Å². The Kier molecular flexibility index (Phi) is 6.61. The van der Waals surface area contributed by atoms with Crippen molar-refractivity contribution in [2.24, 2.45) is 5.92 Å². The Morgan fingerprint density at radius 1 is 1.00 bits per heavy atom. The Hall–Kier alpha value is -3.91. The first-order valence-corrected chi connectivity index (χ1v) is 11.9. The van der Waals surface area contributed by atoms with Crippen molar-refractivity contribution in [3.63, 3.8) is 0 Å². The molecule has 5 rings (SSSR count). The van der Waals surface area contributed by atoms with Gasteiger partial charge >= 0.3 is 0 Å². The first-order valence-electron chi connectivity index (χ1n) is 11.5. The van der Waals surface area contributed by atoms with Crippen molar-refractivity contribution in [2.45, 2.75) is 18.9 Å². The second kappa shape index (κ2) is 9.99. The highest BCUT2D eigenvalue weighted by atomic mass is 35.5. The smallest absolute Gasteiger partial charge is 0.231 e. The number of rotatable bonds is 6. The Balaban J connectivity index is 1.52. The molecule has 0 spiro atoms. The molecule has 2 amide bonds. The van der Waals surface area contributed by atoms with Gasteiger partial charge in [0.05, 0.1) is 31.2 Å². The summed E-state index contributed by atoms with van der Waals surface area (Å²) in [4.78, 5) is 28.6. The van der Waals surface area contributed by atoms with E-state index >= 15 is 0 Å². The number of methoxy groups -OCH3 is 2. The van der Waals surface area contributed by atoms with E-state index in [4.69, 9.17) is 30.5 Å². The van der Waals surface area contributed by atoms with E-state index < -0.39 is 12.0 Å². The Morgan fingerprint density at radius 2 is 1.78 bits per heavy atom. The highest BCUT2D eigenvalue weighted by molar-refractivity contribution is 6.32. The van der Waals surface area contributed by atoms with E-state index in [1.807, 2.05) is 30.3 Å². The van der Waals surface area contributed by atoms with Gasteiger partial charge in [-0.15, -0.1) is 0 Å². The molecule has 2 aliphatic heterocycles. The van der Waals surface area contributed by atoms with Crippen LogP contribution in [-0.4, -0.2) is 32.8 Å². The van der Waals surface area contributed by atoms with Gasteiger partial charge in [-0.1, -0.05) is 23.7 Å². The van der Waals surface area contributed by atoms with E-state index in [0.29, 0.717) is 45.8 Å². The first-order chi connectivity index (χ1) is 17.5. The summed E-state index contributed by atoms with van der Waals surface area (Å²) in [5.41, 5.74) is 2.00. The molecule has 0 radical (unpaired) electrons. The van der Waals surface area contributed by atoms with E-state index in [1.54, 1.807) is 42.3 Å². The predicted octanol–water partition coefficient (Wildman–Crippen LogP) is 5.21.